The van der Waals surface area contributed by atoms with Crippen LogP contribution in [0.3, 0.4) is 0 Å². The molecule has 1 amide bonds. The van der Waals surface area contributed by atoms with Gasteiger partial charge in [-0.3, -0.25) is 14.2 Å². The molecule has 7 heteroatoms. The third-order valence-corrected chi connectivity index (χ3v) is 4.94. The van der Waals surface area contributed by atoms with Gasteiger partial charge in [0, 0.05) is 11.4 Å². The topological polar surface area (TPSA) is 67.2 Å². The summed E-state index contributed by atoms with van der Waals surface area (Å²) in [6, 6.07) is 0. The lowest BCUT2D eigenvalue weighted by Crippen LogP contribution is -2.36. The standard InChI is InChI=1S/C17H26N4O2S/c1-10(2)7-18-14(22)9-21-13(8-20(5)6)19-16-15(17(21)23)11(3)12(4)24-16/h10H,7-9H2,1-6H3,(H,18,22). The molecule has 0 fully saturated rings. The second-order valence-corrected chi connectivity index (χ2v) is 8.02. The zero-order valence-corrected chi connectivity index (χ0v) is 16.1. The summed E-state index contributed by atoms with van der Waals surface area (Å²) in [5.41, 5.74) is 0.832. The maximum atomic E-state index is 13.0. The van der Waals surface area contributed by atoms with Crippen LogP contribution in [-0.4, -0.2) is 41.0 Å². The number of aryl methyl sites for hydroxylation is 2. The van der Waals surface area contributed by atoms with Gasteiger partial charge in [0.2, 0.25) is 5.91 Å². The first kappa shape index (κ1) is 18.6. The van der Waals surface area contributed by atoms with E-state index in [1.165, 1.54) is 15.9 Å². The molecule has 0 unspecified atom stereocenters. The molecular formula is C17H26N4O2S. The molecule has 0 aliphatic heterocycles. The fourth-order valence-corrected chi connectivity index (χ4v) is 3.49. The number of hydrogen-bond donors (Lipinski definition) is 1. The summed E-state index contributed by atoms with van der Waals surface area (Å²) < 4.78 is 1.51. The van der Waals surface area contributed by atoms with E-state index < -0.39 is 0 Å². The largest absolute Gasteiger partial charge is 0.354 e. The maximum absolute atomic E-state index is 13.0. The van der Waals surface area contributed by atoms with Crippen molar-refractivity contribution in [3.05, 3.63) is 26.6 Å². The van der Waals surface area contributed by atoms with Gasteiger partial charge in [-0.05, 0) is 39.4 Å². The second-order valence-electron chi connectivity index (χ2n) is 6.82. The van der Waals surface area contributed by atoms with E-state index in [0.29, 0.717) is 30.2 Å². The first-order chi connectivity index (χ1) is 11.2. The zero-order chi connectivity index (χ0) is 18.0. The van der Waals surface area contributed by atoms with Gasteiger partial charge in [-0.1, -0.05) is 13.8 Å². The fraction of sp³-hybridized carbons (Fsp3) is 0.588. The zero-order valence-electron chi connectivity index (χ0n) is 15.3. The van der Waals surface area contributed by atoms with E-state index in [0.717, 1.165) is 15.3 Å². The molecular weight excluding hydrogens is 324 g/mol. The molecule has 2 aromatic rings. The minimum Gasteiger partial charge on any atom is -0.354 e. The van der Waals surface area contributed by atoms with Crippen LogP contribution in [0.4, 0.5) is 0 Å². The molecule has 2 heterocycles. The molecule has 6 nitrogen and oxygen atoms in total. The van der Waals surface area contributed by atoms with Crippen molar-refractivity contribution in [1.29, 1.82) is 0 Å². The predicted molar refractivity (Wildman–Crippen MR) is 98.6 cm³/mol. The first-order valence-electron chi connectivity index (χ1n) is 8.11. The van der Waals surface area contributed by atoms with Gasteiger partial charge in [0.25, 0.3) is 5.56 Å². The van der Waals surface area contributed by atoms with E-state index in [1.54, 1.807) is 0 Å². The number of amides is 1. The SMILES string of the molecule is Cc1sc2nc(CN(C)C)n(CC(=O)NCC(C)C)c(=O)c2c1C. The average Bonchev–Trinajstić information content (AvgIpc) is 2.75. The van der Waals surface area contributed by atoms with Crippen molar-refractivity contribution in [3.63, 3.8) is 0 Å². The van der Waals surface area contributed by atoms with E-state index >= 15 is 0 Å². The summed E-state index contributed by atoms with van der Waals surface area (Å²) in [5.74, 6) is 0.837. The second kappa shape index (κ2) is 7.44. The number of rotatable bonds is 6. The fourth-order valence-electron chi connectivity index (χ4n) is 2.45. The highest BCUT2D eigenvalue weighted by molar-refractivity contribution is 7.18. The van der Waals surface area contributed by atoms with E-state index in [-0.39, 0.29) is 18.0 Å². The van der Waals surface area contributed by atoms with E-state index in [9.17, 15) is 9.59 Å². The maximum Gasteiger partial charge on any atom is 0.263 e. The van der Waals surface area contributed by atoms with Crippen LogP contribution in [0, 0.1) is 19.8 Å². The Labute approximate surface area is 146 Å². The van der Waals surface area contributed by atoms with Gasteiger partial charge >= 0.3 is 0 Å². The van der Waals surface area contributed by atoms with Crippen LogP contribution >= 0.6 is 11.3 Å². The number of hydrogen-bond acceptors (Lipinski definition) is 5. The van der Waals surface area contributed by atoms with Crippen LogP contribution in [0.1, 0.15) is 30.1 Å². The lowest BCUT2D eigenvalue weighted by Gasteiger charge is -2.16. The summed E-state index contributed by atoms with van der Waals surface area (Å²) in [4.78, 5) is 33.7. The number of carbonyl (C=O) groups excluding carboxylic acids is 1. The average molecular weight is 350 g/mol. The molecule has 2 aromatic heterocycles. The smallest absolute Gasteiger partial charge is 0.263 e. The highest BCUT2D eigenvalue weighted by Gasteiger charge is 2.18. The van der Waals surface area contributed by atoms with Crippen molar-refractivity contribution in [2.75, 3.05) is 20.6 Å². The summed E-state index contributed by atoms with van der Waals surface area (Å²) in [7, 11) is 3.84. The van der Waals surface area contributed by atoms with Crippen LogP contribution in [-0.2, 0) is 17.9 Å². The summed E-state index contributed by atoms with van der Waals surface area (Å²) in [6.07, 6.45) is 0. The van der Waals surface area contributed by atoms with Gasteiger partial charge < -0.3 is 10.2 Å². The minimum atomic E-state index is -0.156. The van der Waals surface area contributed by atoms with Gasteiger partial charge in [-0.2, -0.15) is 0 Å². The molecule has 0 radical (unpaired) electrons. The molecule has 132 valence electrons. The quantitative estimate of drug-likeness (QED) is 0.864. The lowest BCUT2D eigenvalue weighted by molar-refractivity contribution is -0.121. The highest BCUT2D eigenvalue weighted by Crippen LogP contribution is 2.26. The molecule has 0 bridgehead atoms. The van der Waals surface area contributed by atoms with Crippen molar-refractivity contribution < 1.29 is 4.79 Å². The van der Waals surface area contributed by atoms with Crippen molar-refractivity contribution in [2.24, 2.45) is 5.92 Å². The van der Waals surface area contributed by atoms with Gasteiger partial charge in [-0.25, -0.2) is 4.98 Å². The van der Waals surface area contributed by atoms with Gasteiger partial charge in [0.05, 0.1) is 11.9 Å². The third-order valence-electron chi connectivity index (χ3n) is 3.83. The minimum absolute atomic E-state index is 0.00595. The molecule has 0 aromatic carbocycles. The van der Waals surface area contributed by atoms with Gasteiger partial charge in [-0.15, -0.1) is 11.3 Å². The number of carbonyl (C=O) groups is 1. The number of nitrogens with zero attached hydrogens (tertiary/aromatic N) is 3. The van der Waals surface area contributed by atoms with Gasteiger partial charge in [0.1, 0.15) is 17.2 Å². The van der Waals surface area contributed by atoms with Crippen LogP contribution in [0.25, 0.3) is 10.2 Å². The molecule has 1 N–H and O–H groups in total. The third kappa shape index (κ3) is 4.02. The highest BCUT2D eigenvalue weighted by atomic mass is 32.1. The molecule has 24 heavy (non-hydrogen) atoms. The molecule has 0 atom stereocenters. The molecule has 0 saturated carbocycles. The normalized spacial score (nSPS) is 11.7. The summed E-state index contributed by atoms with van der Waals surface area (Å²) in [6.45, 7) is 9.12. The molecule has 2 rings (SSSR count). The Morgan fingerprint density at radius 1 is 1.33 bits per heavy atom. The van der Waals surface area contributed by atoms with Crippen molar-refractivity contribution in [3.8, 4) is 0 Å². The monoisotopic (exact) mass is 350 g/mol. The Morgan fingerprint density at radius 2 is 2.00 bits per heavy atom. The Bertz CT molecular complexity index is 805. The van der Waals surface area contributed by atoms with Crippen molar-refractivity contribution in [1.82, 2.24) is 19.8 Å². The van der Waals surface area contributed by atoms with Crippen LogP contribution in [0.15, 0.2) is 4.79 Å². The summed E-state index contributed by atoms with van der Waals surface area (Å²) >= 11 is 1.53. The van der Waals surface area contributed by atoms with Crippen LogP contribution < -0.4 is 10.9 Å². The predicted octanol–water partition coefficient (Wildman–Crippen LogP) is 1.91. The van der Waals surface area contributed by atoms with Crippen molar-refractivity contribution >= 4 is 27.5 Å². The first-order valence-corrected chi connectivity index (χ1v) is 8.93. The van der Waals surface area contributed by atoms with Crippen LogP contribution in [0.2, 0.25) is 0 Å². The molecule has 0 saturated heterocycles. The molecule has 0 spiro atoms. The summed E-state index contributed by atoms with van der Waals surface area (Å²) in [5, 5.41) is 3.50. The number of thiophene rings is 1. The van der Waals surface area contributed by atoms with Crippen molar-refractivity contribution in [2.45, 2.75) is 40.8 Å². The number of aromatic nitrogens is 2. The molecule has 0 aliphatic carbocycles. The van der Waals surface area contributed by atoms with Crippen LogP contribution in [0.5, 0.6) is 0 Å². The Morgan fingerprint density at radius 3 is 2.58 bits per heavy atom. The Balaban J connectivity index is 2.48. The number of fused-ring (bicyclic) bond motifs is 1. The Kier molecular flexibility index (Phi) is 5.77. The van der Waals surface area contributed by atoms with Gasteiger partial charge in [0.15, 0.2) is 0 Å². The lowest BCUT2D eigenvalue weighted by atomic mass is 10.2. The number of nitrogens with one attached hydrogen (secondary N) is 1. The van der Waals surface area contributed by atoms with E-state index in [2.05, 4.69) is 10.3 Å². The molecule has 0 aliphatic rings. The van der Waals surface area contributed by atoms with E-state index in [4.69, 9.17) is 0 Å². The van der Waals surface area contributed by atoms with E-state index in [1.807, 2.05) is 46.7 Å². The Hall–Kier alpha value is -1.73.